The molecule has 1 unspecified atom stereocenters. The molecule has 3 aromatic rings. The lowest BCUT2D eigenvalue weighted by Crippen LogP contribution is -2.43. The number of ether oxygens (including phenoxy) is 2. The molecule has 2 aromatic carbocycles. The van der Waals surface area contributed by atoms with Gasteiger partial charge in [-0.2, -0.15) is 0 Å². The Bertz CT molecular complexity index is 1460. The van der Waals surface area contributed by atoms with Crippen LogP contribution in [0.4, 0.5) is 10.1 Å². The molecule has 10 heteroatoms. The van der Waals surface area contributed by atoms with Crippen molar-refractivity contribution >= 4 is 23.3 Å². The molecule has 46 heavy (non-hydrogen) atoms. The highest BCUT2D eigenvalue weighted by atomic mass is 35.5. The van der Waals surface area contributed by atoms with Crippen molar-refractivity contribution < 1.29 is 23.8 Å². The summed E-state index contributed by atoms with van der Waals surface area (Å²) in [5, 5.41) is 9.99. The quantitative estimate of drug-likeness (QED) is 0.235. The van der Waals surface area contributed by atoms with E-state index in [-0.39, 0.29) is 18.5 Å². The standard InChI is InChI=1S/C34H42ClFN4O4.C2H2/c1-24-6-7-26(34(41)42)20-32(24)40(15-12-29-22-38(2)18-19-43-29)17-16-39-13-10-25(11-14-39)31-4-3-5-33(37-31)44-23-27-8-9-28(35)21-30(27)36;1-2/h3-9,20-21,25,29H,10-19,22-23H2,1-2H3,(H,41,42);1-2H. The summed E-state index contributed by atoms with van der Waals surface area (Å²) < 4.78 is 26.0. The first-order chi connectivity index (χ1) is 22.2. The number of carboxylic acids is 1. The minimum atomic E-state index is -0.911. The van der Waals surface area contributed by atoms with E-state index < -0.39 is 5.97 Å². The van der Waals surface area contributed by atoms with E-state index in [0.717, 1.165) is 88.6 Å². The van der Waals surface area contributed by atoms with Gasteiger partial charge >= 0.3 is 5.97 Å². The number of terminal acetylenes is 1. The van der Waals surface area contributed by atoms with Crippen molar-refractivity contribution in [1.29, 1.82) is 0 Å². The molecule has 2 fully saturated rings. The summed E-state index contributed by atoms with van der Waals surface area (Å²) in [4.78, 5) is 23.6. The van der Waals surface area contributed by atoms with Crippen LogP contribution in [0.1, 0.15) is 52.4 Å². The molecule has 2 aliphatic heterocycles. The lowest BCUT2D eigenvalue weighted by atomic mass is 9.93. The molecule has 1 aromatic heterocycles. The van der Waals surface area contributed by atoms with Crippen LogP contribution < -0.4 is 9.64 Å². The summed E-state index contributed by atoms with van der Waals surface area (Å²) in [5.74, 6) is -0.486. The lowest BCUT2D eigenvalue weighted by molar-refractivity contribution is -0.0220. The summed E-state index contributed by atoms with van der Waals surface area (Å²) in [6.07, 6.45) is 11.0. The predicted octanol–water partition coefficient (Wildman–Crippen LogP) is 6.12. The molecule has 1 atom stereocenters. The van der Waals surface area contributed by atoms with Crippen LogP contribution in [0, 0.1) is 25.6 Å². The molecule has 0 aliphatic carbocycles. The van der Waals surface area contributed by atoms with Gasteiger partial charge in [-0.15, -0.1) is 12.8 Å². The summed E-state index contributed by atoms with van der Waals surface area (Å²) in [6, 6.07) is 15.7. The second-order valence-corrected chi connectivity index (χ2v) is 12.3. The average molecular weight is 651 g/mol. The minimum Gasteiger partial charge on any atom is -0.478 e. The fraction of sp³-hybridized carbons (Fsp3) is 0.444. The summed E-state index contributed by atoms with van der Waals surface area (Å²) >= 11 is 5.86. The van der Waals surface area contributed by atoms with Crippen LogP contribution in [0.5, 0.6) is 5.88 Å². The monoisotopic (exact) mass is 650 g/mol. The number of carbonyl (C=O) groups is 1. The Morgan fingerprint density at radius 2 is 1.91 bits per heavy atom. The van der Waals surface area contributed by atoms with Crippen LogP contribution in [0.3, 0.4) is 0 Å². The second kappa shape index (κ2) is 17.3. The molecule has 246 valence electrons. The zero-order valence-electron chi connectivity index (χ0n) is 26.7. The number of piperidine rings is 1. The Morgan fingerprint density at radius 3 is 2.63 bits per heavy atom. The number of halogens is 2. The van der Waals surface area contributed by atoms with Crippen molar-refractivity contribution in [2.24, 2.45) is 0 Å². The average Bonchev–Trinajstić information content (AvgIpc) is 3.06. The van der Waals surface area contributed by atoms with E-state index in [0.29, 0.717) is 27.9 Å². The molecule has 2 saturated heterocycles. The highest BCUT2D eigenvalue weighted by Crippen LogP contribution is 2.29. The number of hydrogen-bond donors (Lipinski definition) is 1. The van der Waals surface area contributed by atoms with E-state index in [2.05, 4.69) is 34.6 Å². The first kappa shape index (κ1) is 35.2. The van der Waals surface area contributed by atoms with Gasteiger partial charge in [-0.1, -0.05) is 29.8 Å². The molecule has 0 spiro atoms. The van der Waals surface area contributed by atoms with Gasteiger partial charge in [0.05, 0.1) is 18.3 Å². The van der Waals surface area contributed by atoms with Crippen LogP contribution in [-0.2, 0) is 11.3 Å². The molecule has 8 nitrogen and oxygen atoms in total. The molecular formula is C36H44ClFN4O4. The normalized spacial score (nSPS) is 17.6. The van der Waals surface area contributed by atoms with Crippen LogP contribution >= 0.6 is 11.6 Å². The van der Waals surface area contributed by atoms with Crippen molar-refractivity contribution in [3.63, 3.8) is 0 Å². The van der Waals surface area contributed by atoms with Gasteiger partial charge in [0.15, 0.2) is 0 Å². The molecule has 2 aliphatic rings. The van der Waals surface area contributed by atoms with E-state index >= 15 is 0 Å². The molecule has 5 rings (SSSR count). The number of carboxylic acid groups (broad SMARTS) is 1. The van der Waals surface area contributed by atoms with Crippen molar-refractivity contribution in [1.82, 2.24) is 14.8 Å². The van der Waals surface area contributed by atoms with E-state index in [4.69, 9.17) is 26.1 Å². The van der Waals surface area contributed by atoms with E-state index in [1.165, 1.54) is 6.07 Å². The number of aryl methyl sites for hydroxylation is 1. The zero-order chi connectivity index (χ0) is 33.1. The Kier molecular flexibility index (Phi) is 13.2. The van der Waals surface area contributed by atoms with E-state index in [1.807, 2.05) is 25.1 Å². The first-order valence-corrected chi connectivity index (χ1v) is 16.1. The van der Waals surface area contributed by atoms with Gasteiger partial charge in [0, 0.05) is 66.7 Å². The fourth-order valence-corrected chi connectivity index (χ4v) is 6.18. The molecule has 1 N–H and O–H groups in total. The minimum absolute atomic E-state index is 0.0901. The molecule has 3 heterocycles. The number of benzene rings is 2. The van der Waals surface area contributed by atoms with Gasteiger partial charge in [-0.3, -0.25) is 0 Å². The maximum Gasteiger partial charge on any atom is 0.335 e. The molecule has 0 radical (unpaired) electrons. The number of nitrogens with zero attached hydrogens (tertiary/aromatic N) is 4. The number of likely N-dealkylation sites (N-methyl/N-ethyl adjacent to an activating group) is 1. The van der Waals surface area contributed by atoms with Crippen LogP contribution in [0.2, 0.25) is 5.02 Å². The number of morpholine rings is 1. The van der Waals surface area contributed by atoms with Gasteiger partial charge in [0.1, 0.15) is 12.4 Å². The summed E-state index contributed by atoms with van der Waals surface area (Å²) in [7, 11) is 2.12. The third-order valence-electron chi connectivity index (χ3n) is 8.69. The number of rotatable bonds is 12. The maximum absolute atomic E-state index is 14.2. The highest BCUT2D eigenvalue weighted by Gasteiger charge is 2.24. The maximum atomic E-state index is 14.2. The first-order valence-electron chi connectivity index (χ1n) is 15.7. The Hall–Kier alpha value is -3.68. The molecule has 0 bridgehead atoms. The smallest absolute Gasteiger partial charge is 0.335 e. The van der Waals surface area contributed by atoms with Crippen LogP contribution in [-0.4, -0.2) is 91.4 Å². The SMILES string of the molecule is C#C.Cc1ccc(C(=O)O)cc1N(CCC1CN(C)CCO1)CCN1CCC(c2cccc(OCc3ccc(Cl)cc3F)n2)CC1. The Balaban J connectivity index is 0.00000235. The number of aromatic carboxylic acids is 1. The van der Waals surface area contributed by atoms with Crippen molar-refractivity contribution in [3.8, 4) is 18.7 Å². The van der Waals surface area contributed by atoms with Crippen molar-refractivity contribution in [2.75, 3.05) is 64.4 Å². The molecule has 0 amide bonds. The van der Waals surface area contributed by atoms with Crippen molar-refractivity contribution in [3.05, 3.63) is 87.8 Å². The second-order valence-electron chi connectivity index (χ2n) is 11.9. The lowest BCUT2D eigenvalue weighted by Gasteiger charge is -2.36. The van der Waals surface area contributed by atoms with Gasteiger partial charge in [0.25, 0.3) is 0 Å². The summed E-state index contributed by atoms with van der Waals surface area (Å²) in [6.45, 7) is 9.13. The van der Waals surface area contributed by atoms with Gasteiger partial charge in [-0.05, 0) is 82.2 Å². The molecular weight excluding hydrogens is 607 g/mol. The van der Waals surface area contributed by atoms with Gasteiger partial charge in [0.2, 0.25) is 5.88 Å². The fourth-order valence-electron chi connectivity index (χ4n) is 6.02. The zero-order valence-corrected chi connectivity index (χ0v) is 27.5. The number of hydrogen-bond acceptors (Lipinski definition) is 7. The number of likely N-dealkylation sites (tertiary alicyclic amines) is 1. The van der Waals surface area contributed by atoms with Gasteiger partial charge < -0.3 is 29.3 Å². The number of aromatic nitrogens is 1. The van der Waals surface area contributed by atoms with E-state index in [9.17, 15) is 14.3 Å². The van der Waals surface area contributed by atoms with E-state index in [1.54, 1.807) is 30.3 Å². The number of anilines is 1. The third-order valence-corrected chi connectivity index (χ3v) is 8.92. The molecule has 0 saturated carbocycles. The third kappa shape index (κ3) is 9.91. The van der Waals surface area contributed by atoms with Crippen LogP contribution in [0.15, 0.2) is 54.6 Å². The van der Waals surface area contributed by atoms with Crippen molar-refractivity contribution in [2.45, 2.75) is 44.8 Å². The predicted molar refractivity (Wildman–Crippen MR) is 180 cm³/mol. The summed E-state index contributed by atoms with van der Waals surface area (Å²) in [5.41, 5.74) is 3.79. The van der Waals surface area contributed by atoms with Gasteiger partial charge in [-0.25, -0.2) is 14.2 Å². The Morgan fingerprint density at radius 1 is 1.13 bits per heavy atom. The largest absolute Gasteiger partial charge is 0.478 e. The topological polar surface area (TPSA) is 78.4 Å². The highest BCUT2D eigenvalue weighted by molar-refractivity contribution is 6.30. The van der Waals surface area contributed by atoms with Crippen LogP contribution in [0.25, 0.3) is 0 Å². The Labute approximate surface area is 277 Å². The number of pyridine rings is 1.